The summed E-state index contributed by atoms with van der Waals surface area (Å²) in [4.78, 5) is 21.6. The zero-order chi connectivity index (χ0) is 22.3. The van der Waals surface area contributed by atoms with E-state index >= 15 is 0 Å². The van der Waals surface area contributed by atoms with Gasteiger partial charge in [-0.25, -0.2) is 9.67 Å². The van der Waals surface area contributed by atoms with Gasteiger partial charge in [0.05, 0.1) is 24.2 Å². The molecule has 2 heterocycles. The molecule has 32 heavy (non-hydrogen) atoms. The van der Waals surface area contributed by atoms with Crippen LogP contribution in [0.2, 0.25) is 0 Å². The maximum Gasteiger partial charge on any atom is 0.209 e. The van der Waals surface area contributed by atoms with Gasteiger partial charge in [0.2, 0.25) is 5.43 Å². The lowest BCUT2D eigenvalue weighted by atomic mass is 10.1. The number of allylic oxidation sites excluding steroid dienone is 1. The van der Waals surface area contributed by atoms with E-state index in [4.69, 9.17) is 10.5 Å². The van der Waals surface area contributed by atoms with Crippen LogP contribution in [-0.4, -0.2) is 27.6 Å². The molecular formula is C25H21N5O2. The third-order valence-electron chi connectivity index (χ3n) is 4.70. The minimum atomic E-state index is -0.266. The number of hydrogen-bond acceptors (Lipinski definition) is 6. The largest absolute Gasteiger partial charge is 0.494 e. The number of rotatable bonds is 6. The average Bonchev–Trinajstić information content (AvgIpc) is 2.85. The smallest absolute Gasteiger partial charge is 0.209 e. The number of nitrogens with two attached hydrogens (primary N) is 1. The quantitative estimate of drug-likeness (QED) is 0.475. The molecule has 0 aliphatic carbocycles. The lowest BCUT2D eigenvalue weighted by molar-refractivity contribution is 0.411. The second-order valence-corrected chi connectivity index (χ2v) is 6.77. The summed E-state index contributed by atoms with van der Waals surface area (Å²) in [5.41, 5.74) is 8.98. The normalized spacial score (nSPS) is 11.6. The minimum Gasteiger partial charge on any atom is -0.494 e. The van der Waals surface area contributed by atoms with Crippen molar-refractivity contribution in [2.75, 3.05) is 7.11 Å². The third kappa shape index (κ3) is 4.46. The Labute approximate surface area is 185 Å². The summed E-state index contributed by atoms with van der Waals surface area (Å²) in [6.07, 6.45) is 6.23. The van der Waals surface area contributed by atoms with Gasteiger partial charge in [-0.1, -0.05) is 30.3 Å². The van der Waals surface area contributed by atoms with E-state index in [0.29, 0.717) is 22.8 Å². The number of methoxy groups -OCH3 is 1. The molecule has 7 heteroatoms. The molecule has 0 atom stereocenters. The van der Waals surface area contributed by atoms with Crippen molar-refractivity contribution in [3.8, 4) is 22.7 Å². The van der Waals surface area contributed by atoms with Crippen LogP contribution >= 0.6 is 0 Å². The van der Waals surface area contributed by atoms with Crippen molar-refractivity contribution in [1.82, 2.24) is 14.8 Å². The first-order chi connectivity index (χ1) is 15.7. The van der Waals surface area contributed by atoms with Gasteiger partial charge in [0.15, 0.2) is 5.69 Å². The van der Waals surface area contributed by atoms with E-state index in [0.717, 1.165) is 11.3 Å². The van der Waals surface area contributed by atoms with Crippen LogP contribution in [0, 0.1) is 0 Å². The summed E-state index contributed by atoms with van der Waals surface area (Å²) in [6.45, 7) is 0. The Hall–Kier alpha value is -4.52. The van der Waals surface area contributed by atoms with Crippen molar-refractivity contribution in [3.63, 3.8) is 0 Å². The van der Waals surface area contributed by atoms with Crippen LogP contribution < -0.4 is 15.9 Å². The molecule has 158 valence electrons. The predicted molar refractivity (Wildman–Crippen MR) is 126 cm³/mol. The number of benzene rings is 2. The van der Waals surface area contributed by atoms with Gasteiger partial charge in [-0.3, -0.25) is 9.78 Å². The van der Waals surface area contributed by atoms with Crippen LogP contribution in [0.15, 0.2) is 107 Å². The number of para-hydroxylation sites is 1. The summed E-state index contributed by atoms with van der Waals surface area (Å²) in [5.74, 6) is 0.589. The molecular weight excluding hydrogens is 402 g/mol. The van der Waals surface area contributed by atoms with Gasteiger partial charge in [-0.2, -0.15) is 5.10 Å². The highest BCUT2D eigenvalue weighted by Crippen LogP contribution is 2.28. The molecule has 0 amide bonds. The van der Waals surface area contributed by atoms with Gasteiger partial charge in [-0.05, 0) is 48.7 Å². The molecule has 0 saturated heterocycles. The molecule has 0 aliphatic rings. The van der Waals surface area contributed by atoms with E-state index in [2.05, 4.69) is 15.1 Å². The molecule has 4 aromatic rings. The predicted octanol–water partition coefficient (Wildman–Crippen LogP) is 3.90. The highest BCUT2D eigenvalue weighted by atomic mass is 16.5. The fraction of sp³-hybridized carbons (Fsp3) is 0.0400. The van der Waals surface area contributed by atoms with Crippen LogP contribution in [-0.2, 0) is 0 Å². The molecule has 2 N–H and O–H groups in total. The molecule has 2 aromatic heterocycles. The highest BCUT2D eigenvalue weighted by Gasteiger charge is 2.13. The molecule has 4 rings (SSSR count). The monoisotopic (exact) mass is 423 g/mol. The topological polar surface area (TPSA) is 95.4 Å². The van der Waals surface area contributed by atoms with Crippen molar-refractivity contribution in [1.29, 1.82) is 0 Å². The van der Waals surface area contributed by atoms with Gasteiger partial charge in [0.1, 0.15) is 11.4 Å². The Bertz CT molecular complexity index is 1330. The molecule has 0 radical (unpaired) electrons. The third-order valence-corrected chi connectivity index (χ3v) is 4.70. The number of pyridine rings is 1. The van der Waals surface area contributed by atoms with E-state index in [1.807, 2.05) is 66.7 Å². The van der Waals surface area contributed by atoms with E-state index in [-0.39, 0.29) is 11.1 Å². The summed E-state index contributed by atoms with van der Waals surface area (Å²) >= 11 is 0. The SMILES string of the molecule is COc1cc(-c2ccccn2)ccc1-n1ccc(=O)c(C(C=CN)=Nc2ccccc2)n1. The van der Waals surface area contributed by atoms with Gasteiger partial charge in [-0.15, -0.1) is 0 Å². The first-order valence-corrected chi connectivity index (χ1v) is 9.92. The van der Waals surface area contributed by atoms with E-state index in [1.165, 1.54) is 12.3 Å². The Morgan fingerprint density at radius 2 is 1.88 bits per heavy atom. The number of nitrogens with zero attached hydrogens (tertiary/aromatic N) is 4. The summed E-state index contributed by atoms with van der Waals surface area (Å²) in [5, 5.41) is 4.54. The maximum absolute atomic E-state index is 12.6. The van der Waals surface area contributed by atoms with E-state index < -0.39 is 0 Å². The summed E-state index contributed by atoms with van der Waals surface area (Å²) in [6, 6.07) is 22.2. The van der Waals surface area contributed by atoms with Crippen LogP contribution in [0.5, 0.6) is 5.75 Å². The van der Waals surface area contributed by atoms with E-state index in [9.17, 15) is 4.79 Å². The zero-order valence-corrected chi connectivity index (χ0v) is 17.4. The fourth-order valence-electron chi connectivity index (χ4n) is 3.18. The van der Waals surface area contributed by atoms with Crippen molar-refractivity contribution in [2.24, 2.45) is 10.7 Å². The van der Waals surface area contributed by atoms with Crippen LogP contribution in [0.4, 0.5) is 5.69 Å². The summed E-state index contributed by atoms with van der Waals surface area (Å²) < 4.78 is 7.19. The lowest BCUT2D eigenvalue weighted by Gasteiger charge is -2.13. The maximum atomic E-state index is 12.6. The minimum absolute atomic E-state index is 0.175. The Kier molecular flexibility index (Phi) is 6.17. The molecule has 7 nitrogen and oxygen atoms in total. The van der Waals surface area contributed by atoms with Crippen molar-refractivity contribution >= 4 is 11.4 Å². The second kappa shape index (κ2) is 9.53. The molecule has 0 unspecified atom stereocenters. The highest BCUT2D eigenvalue weighted by molar-refractivity contribution is 6.08. The fourth-order valence-corrected chi connectivity index (χ4v) is 3.18. The van der Waals surface area contributed by atoms with Crippen molar-refractivity contribution in [3.05, 3.63) is 113 Å². The van der Waals surface area contributed by atoms with Gasteiger partial charge < -0.3 is 10.5 Å². The Morgan fingerprint density at radius 3 is 2.59 bits per heavy atom. The number of aliphatic imine (C=N–C) groups is 1. The number of hydrogen-bond donors (Lipinski definition) is 1. The second-order valence-electron chi connectivity index (χ2n) is 6.77. The molecule has 2 aromatic carbocycles. The first-order valence-electron chi connectivity index (χ1n) is 9.92. The number of aromatic nitrogens is 3. The molecule has 0 aliphatic heterocycles. The molecule has 0 fully saturated rings. The standard InChI is InChI=1S/C25H21N5O2/c1-32-24-17-18(20-9-5-6-15-27-20)10-11-22(24)30-16-13-23(31)25(29-30)21(12-14-26)28-19-7-3-2-4-8-19/h2-17H,26H2,1H3. The number of ether oxygens (including phenoxy) is 1. The molecule has 0 saturated carbocycles. The van der Waals surface area contributed by atoms with Crippen LogP contribution in [0.1, 0.15) is 5.69 Å². The van der Waals surface area contributed by atoms with Crippen molar-refractivity contribution < 1.29 is 4.74 Å². The Morgan fingerprint density at radius 1 is 1.06 bits per heavy atom. The first kappa shape index (κ1) is 20.7. The Balaban J connectivity index is 1.80. The van der Waals surface area contributed by atoms with Gasteiger partial charge in [0.25, 0.3) is 0 Å². The average molecular weight is 423 g/mol. The molecule has 0 bridgehead atoms. The van der Waals surface area contributed by atoms with Crippen LogP contribution in [0.3, 0.4) is 0 Å². The zero-order valence-electron chi connectivity index (χ0n) is 17.4. The van der Waals surface area contributed by atoms with Crippen molar-refractivity contribution in [2.45, 2.75) is 0 Å². The molecule has 0 spiro atoms. The van der Waals surface area contributed by atoms with Gasteiger partial charge >= 0.3 is 0 Å². The van der Waals surface area contributed by atoms with Crippen LogP contribution in [0.25, 0.3) is 16.9 Å². The van der Waals surface area contributed by atoms with E-state index in [1.54, 1.807) is 30.3 Å². The lowest BCUT2D eigenvalue weighted by Crippen LogP contribution is -2.20. The van der Waals surface area contributed by atoms with Gasteiger partial charge in [0, 0.05) is 24.0 Å². The summed E-state index contributed by atoms with van der Waals surface area (Å²) in [7, 11) is 1.59.